The van der Waals surface area contributed by atoms with E-state index in [-0.39, 0.29) is 18.2 Å². The summed E-state index contributed by atoms with van der Waals surface area (Å²) >= 11 is 0. The number of aryl methyl sites for hydroxylation is 2. The monoisotopic (exact) mass is 667 g/mol. The van der Waals surface area contributed by atoms with E-state index in [1.807, 2.05) is 0 Å². The summed E-state index contributed by atoms with van der Waals surface area (Å²) < 4.78 is 46.8. The molecule has 256 valence electrons. The number of aromatic nitrogens is 3. The molecule has 2 aromatic rings. The number of alkyl halides is 3. The van der Waals surface area contributed by atoms with Gasteiger partial charge in [0.25, 0.3) is 0 Å². The Morgan fingerprint density at radius 3 is 2.53 bits per heavy atom. The van der Waals surface area contributed by atoms with E-state index in [0.29, 0.717) is 30.3 Å². The van der Waals surface area contributed by atoms with Crippen LogP contribution in [-0.2, 0) is 40.1 Å². The van der Waals surface area contributed by atoms with Crippen molar-refractivity contribution in [3.8, 4) is 0 Å². The van der Waals surface area contributed by atoms with Gasteiger partial charge in [-0.1, -0.05) is 6.07 Å². The number of nitrogens with zero attached hydrogens (tertiary/aromatic N) is 4. The molecule has 4 heterocycles. The number of methoxy groups -OCH3 is 1. The van der Waals surface area contributed by atoms with Crippen LogP contribution in [0.25, 0.3) is 0 Å². The van der Waals surface area contributed by atoms with E-state index < -0.39 is 49.4 Å². The van der Waals surface area contributed by atoms with E-state index in [4.69, 9.17) is 9.72 Å². The number of rotatable bonds is 10. The topological polar surface area (TPSA) is 183 Å². The van der Waals surface area contributed by atoms with Crippen LogP contribution in [0.3, 0.4) is 0 Å². The number of nitrogens with one attached hydrogen (secondary N) is 3. The van der Waals surface area contributed by atoms with Crippen LogP contribution in [-0.4, -0.2) is 91.1 Å². The number of fused-ring (bicyclic) bond motifs is 1. The molecule has 1 atom stereocenters. The van der Waals surface area contributed by atoms with Gasteiger partial charge in [0.2, 0.25) is 0 Å². The molecule has 0 aromatic carbocycles. The normalized spacial score (nSPS) is 15.4. The summed E-state index contributed by atoms with van der Waals surface area (Å²) in [5.41, 5.74) is 2.89. The summed E-state index contributed by atoms with van der Waals surface area (Å²) in [7, 11) is 1.14. The molecule has 1 fully saturated rings. The number of esters is 1. The van der Waals surface area contributed by atoms with Crippen molar-refractivity contribution >= 4 is 41.5 Å². The van der Waals surface area contributed by atoms with Gasteiger partial charge in [-0.3, -0.25) is 4.79 Å². The molecule has 2 aliphatic heterocycles. The van der Waals surface area contributed by atoms with Gasteiger partial charge < -0.3 is 30.3 Å². The average Bonchev–Trinajstić information content (AvgIpc) is 3.05. The third-order valence-corrected chi connectivity index (χ3v) is 7.61. The molecule has 0 bridgehead atoms. The van der Waals surface area contributed by atoms with Crippen LogP contribution >= 0.6 is 0 Å². The van der Waals surface area contributed by atoms with E-state index in [9.17, 15) is 32.3 Å². The van der Waals surface area contributed by atoms with Gasteiger partial charge in [0, 0.05) is 43.4 Å². The fourth-order valence-corrected chi connectivity index (χ4v) is 5.14. The van der Waals surface area contributed by atoms with Crippen molar-refractivity contribution in [2.45, 2.75) is 64.1 Å². The van der Waals surface area contributed by atoms with Gasteiger partial charge >= 0.3 is 30.2 Å². The van der Waals surface area contributed by atoms with Crippen LogP contribution in [0.15, 0.2) is 12.1 Å². The molecule has 0 spiro atoms. The van der Waals surface area contributed by atoms with Crippen LogP contribution in [0.1, 0.15) is 54.2 Å². The number of alkyl carbamates (subject to hydrolysis) is 1. The summed E-state index contributed by atoms with van der Waals surface area (Å²) in [5, 5.41) is 8.37. The van der Waals surface area contributed by atoms with Gasteiger partial charge in [-0.25, -0.2) is 39.1 Å². The minimum atomic E-state index is -5.43. The maximum absolute atomic E-state index is 12.6. The zero-order valence-electron chi connectivity index (χ0n) is 26.1. The molecule has 1 amide bonds. The maximum Gasteiger partial charge on any atom is 0.495 e. The zero-order valence-corrected chi connectivity index (χ0v) is 26.1. The van der Waals surface area contributed by atoms with Crippen molar-refractivity contribution in [2.24, 2.45) is 0 Å². The minimum absolute atomic E-state index is 0.276. The number of anilines is 3. The van der Waals surface area contributed by atoms with Crippen molar-refractivity contribution in [1.82, 2.24) is 20.3 Å². The van der Waals surface area contributed by atoms with E-state index in [0.717, 1.165) is 50.8 Å². The molecular weight excluding hydrogens is 631 g/mol. The Kier molecular flexibility index (Phi) is 11.6. The summed E-state index contributed by atoms with van der Waals surface area (Å²) in [6, 6.07) is 2.53. The van der Waals surface area contributed by atoms with E-state index in [2.05, 4.69) is 57.5 Å². The first-order chi connectivity index (χ1) is 22.3. The molecule has 3 N–H and O–H groups in total. The fraction of sp³-hybridized carbons (Fsp3) is 0.552. The summed E-state index contributed by atoms with van der Waals surface area (Å²) in [6.07, 6.45) is -3.15. The van der Waals surface area contributed by atoms with Crippen LogP contribution in [0.5, 0.6) is 0 Å². The number of hydrogen-bond donors (Lipinski definition) is 3. The van der Waals surface area contributed by atoms with Crippen molar-refractivity contribution in [1.29, 1.82) is 0 Å². The smallest absolute Gasteiger partial charge is 0.469 e. The molecule has 2 aliphatic rings. The van der Waals surface area contributed by atoms with Crippen LogP contribution < -0.4 is 20.9 Å². The van der Waals surface area contributed by atoms with Gasteiger partial charge in [0.05, 0.1) is 13.5 Å². The van der Waals surface area contributed by atoms with Gasteiger partial charge in [0.15, 0.2) is 6.04 Å². The van der Waals surface area contributed by atoms with Gasteiger partial charge in [-0.2, -0.15) is 13.2 Å². The highest BCUT2D eigenvalue weighted by Gasteiger charge is 2.43. The van der Waals surface area contributed by atoms with Crippen LogP contribution in [0, 0.1) is 13.8 Å². The highest BCUT2D eigenvalue weighted by Crippen LogP contribution is 2.33. The lowest BCUT2D eigenvalue weighted by Gasteiger charge is -2.34. The molecule has 1 saturated heterocycles. The first kappa shape index (κ1) is 35.0. The average molecular weight is 668 g/mol. The Balaban J connectivity index is 1.41. The second-order valence-corrected chi connectivity index (χ2v) is 10.9. The van der Waals surface area contributed by atoms with Crippen molar-refractivity contribution in [2.75, 3.05) is 55.4 Å². The second kappa shape index (κ2) is 15.6. The van der Waals surface area contributed by atoms with Gasteiger partial charge in [0.1, 0.15) is 29.9 Å². The number of pyridine rings is 1. The van der Waals surface area contributed by atoms with Crippen molar-refractivity contribution in [3.05, 3.63) is 34.8 Å². The Morgan fingerprint density at radius 2 is 1.83 bits per heavy atom. The Morgan fingerprint density at radius 1 is 1.09 bits per heavy atom. The second-order valence-electron chi connectivity index (χ2n) is 10.9. The number of amides is 1. The fourth-order valence-electron chi connectivity index (χ4n) is 5.14. The maximum atomic E-state index is 12.6. The Labute approximate surface area is 267 Å². The third kappa shape index (κ3) is 9.55. The summed E-state index contributed by atoms with van der Waals surface area (Å²) in [6.45, 7) is 4.83. The number of ether oxygens (including phenoxy) is 2. The lowest BCUT2D eigenvalue weighted by molar-refractivity contribution is -0.286. The first-order valence-electron chi connectivity index (χ1n) is 14.9. The molecule has 2 aromatic heterocycles. The number of halogens is 3. The minimum Gasteiger partial charge on any atom is -0.469 e. The van der Waals surface area contributed by atoms with Crippen LogP contribution in [0.2, 0.25) is 0 Å². The van der Waals surface area contributed by atoms with Crippen molar-refractivity contribution < 1.29 is 51.6 Å². The third-order valence-electron chi connectivity index (χ3n) is 7.61. The molecule has 18 heteroatoms. The quantitative estimate of drug-likeness (QED) is 0.191. The molecule has 15 nitrogen and oxygen atoms in total. The molecule has 4 rings (SSSR count). The molecule has 0 aliphatic carbocycles. The van der Waals surface area contributed by atoms with E-state index in [1.54, 1.807) is 13.8 Å². The number of carbonyl (C=O) groups excluding carboxylic acids is 4. The summed E-state index contributed by atoms with van der Waals surface area (Å²) in [5.74, 6) is -2.43. The molecule has 0 saturated carbocycles. The summed E-state index contributed by atoms with van der Waals surface area (Å²) in [4.78, 5) is 70.7. The standard InChI is InChI=1S/C29H36F3N7O8/c1-16-23(34-15-21(26(41)46-47-27(42)29(30,31)32)38-28(43)45-14-10-22(40)44-3)35-17(2)36-25(16)39-12-8-18(9-13-39)20-7-6-19-5-4-11-33-24(19)37-20/h6-7,18,21H,4-5,8-15H2,1-3H3,(H,33,37)(H,38,43)(H,34,35,36)/t21-/m0/s1. The molecule has 0 unspecified atom stereocenters. The Hall–Kier alpha value is -4.90. The number of piperidine rings is 1. The molecular formula is C29H36F3N7O8. The SMILES string of the molecule is COC(=O)CCOC(=O)N[C@@H](CNc1nc(C)nc(N2CCC(c3ccc4c(n3)NCCC4)CC2)c1C)C(=O)OOC(=O)C(F)(F)F. The van der Waals surface area contributed by atoms with E-state index >= 15 is 0 Å². The zero-order chi connectivity index (χ0) is 34.1. The molecule has 0 radical (unpaired) electrons. The number of carbonyl (C=O) groups is 4. The Bertz CT molecular complexity index is 1470. The lowest BCUT2D eigenvalue weighted by atomic mass is 9.92. The first-order valence-corrected chi connectivity index (χ1v) is 14.9. The predicted octanol–water partition coefficient (Wildman–Crippen LogP) is 2.86. The van der Waals surface area contributed by atoms with Gasteiger partial charge in [-0.15, -0.1) is 0 Å². The number of hydrogen-bond acceptors (Lipinski definition) is 14. The molecule has 47 heavy (non-hydrogen) atoms. The highest BCUT2D eigenvalue weighted by atomic mass is 19.4. The van der Waals surface area contributed by atoms with E-state index in [1.165, 1.54) is 5.56 Å². The largest absolute Gasteiger partial charge is 0.495 e. The van der Waals surface area contributed by atoms with Crippen molar-refractivity contribution in [3.63, 3.8) is 0 Å². The van der Waals surface area contributed by atoms with Crippen LogP contribution in [0.4, 0.5) is 35.4 Å². The predicted molar refractivity (Wildman–Crippen MR) is 158 cm³/mol. The highest BCUT2D eigenvalue weighted by molar-refractivity contribution is 5.83. The lowest BCUT2D eigenvalue weighted by Crippen LogP contribution is -2.47. The van der Waals surface area contributed by atoms with Gasteiger partial charge in [-0.05, 0) is 51.2 Å².